The Labute approximate surface area is 176 Å². The van der Waals surface area contributed by atoms with E-state index in [2.05, 4.69) is 39.8 Å². The van der Waals surface area contributed by atoms with Gasteiger partial charge in [0.15, 0.2) is 5.96 Å². The van der Waals surface area contributed by atoms with Crippen LogP contribution in [0.1, 0.15) is 37.1 Å². The fourth-order valence-corrected chi connectivity index (χ4v) is 3.06. The molecule has 2 unspecified atom stereocenters. The Morgan fingerprint density at radius 1 is 1.17 bits per heavy atom. The highest BCUT2D eigenvalue weighted by molar-refractivity contribution is 6.30. The Morgan fingerprint density at radius 3 is 2.66 bits per heavy atom. The van der Waals surface area contributed by atoms with E-state index >= 15 is 0 Å². The Bertz CT molecular complexity index is 925. The van der Waals surface area contributed by atoms with E-state index in [1.54, 1.807) is 18.3 Å². The normalized spacial score (nSPS) is 13.7. The first kappa shape index (κ1) is 20.9. The van der Waals surface area contributed by atoms with Crippen LogP contribution in [0.15, 0.2) is 72.0 Å². The van der Waals surface area contributed by atoms with Gasteiger partial charge in [-0.05, 0) is 55.3 Å². The van der Waals surface area contributed by atoms with Gasteiger partial charge in [-0.15, -0.1) is 0 Å². The molecule has 1 heterocycles. The van der Waals surface area contributed by atoms with Gasteiger partial charge >= 0.3 is 0 Å². The summed E-state index contributed by atoms with van der Waals surface area (Å²) in [6.07, 6.45) is 2.98. The largest absolute Gasteiger partial charge is 0.386 e. The predicted octanol–water partition coefficient (Wildman–Crippen LogP) is 3.88. The van der Waals surface area contributed by atoms with Crippen molar-refractivity contribution in [2.24, 2.45) is 4.99 Å². The van der Waals surface area contributed by atoms with E-state index in [9.17, 15) is 5.11 Å². The highest BCUT2D eigenvalue weighted by Gasteiger charge is 2.11. The van der Waals surface area contributed by atoms with Crippen LogP contribution in [0.3, 0.4) is 0 Å². The topological polar surface area (TPSA) is 74.5 Å². The van der Waals surface area contributed by atoms with Crippen LogP contribution in [-0.4, -0.2) is 33.9 Å². The molecular formula is C22H26ClN5O. The summed E-state index contributed by atoms with van der Waals surface area (Å²) in [6, 6.07) is 17.3. The van der Waals surface area contributed by atoms with Gasteiger partial charge in [0.05, 0.1) is 24.4 Å². The summed E-state index contributed by atoms with van der Waals surface area (Å²) in [6.45, 7) is 5.06. The molecule has 6 nitrogen and oxygen atoms in total. The van der Waals surface area contributed by atoms with Crippen molar-refractivity contribution in [3.05, 3.63) is 83.1 Å². The number of hydrogen-bond donors (Lipinski definition) is 3. The van der Waals surface area contributed by atoms with Crippen molar-refractivity contribution >= 4 is 17.6 Å². The molecule has 3 aromatic rings. The van der Waals surface area contributed by atoms with Crippen molar-refractivity contribution in [1.82, 2.24) is 20.4 Å². The first-order valence-corrected chi connectivity index (χ1v) is 10.0. The Balaban J connectivity index is 1.68. The molecule has 29 heavy (non-hydrogen) atoms. The van der Waals surface area contributed by atoms with Crippen LogP contribution < -0.4 is 10.6 Å². The number of aliphatic hydroxyl groups is 1. The number of nitrogens with one attached hydrogen (secondary N) is 2. The number of benzene rings is 2. The van der Waals surface area contributed by atoms with Crippen LogP contribution in [-0.2, 0) is 0 Å². The molecule has 0 radical (unpaired) electrons. The molecule has 0 spiro atoms. The monoisotopic (exact) mass is 411 g/mol. The third-order valence-corrected chi connectivity index (χ3v) is 4.77. The van der Waals surface area contributed by atoms with Crippen LogP contribution in [0.4, 0.5) is 0 Å². The number of rotatable bonds is 7. The second kappa shape index (κ2) is 10.1. The first-order chi connectivity index (χ1) is 14.1. The van der Waals surface area contributed by atoms with E-state index in [-0.39, 0.29) is 12.6 Å². The molecule has 7 heteroatoms. The van der Waals surface area contributed by atoms with Crippen LogP contribution in [0.25, 0.3) is 5.69 Å². The second-order valence-electron chi connectivity index (χ2n) is 6.70. The average Bonchev–Trinajstić information content (AvgIpc) is 3.27. The van der Waals surface area contributed by atoms with Crippen molar-refractivity contribution in [1.29, 1.82) is 0 Å². The van der Waals surface area contributed by atoms with Gasteiger partial charge in [0, 0.05) is 24.0 Å². The van der Waals surface area contributed by atoms with Crippen molar-refractivity contribution in [3.63, 3.8) is 0 Å². The molecule has 152 valence electrons. The highest BCUT2D eigenvalue weighted by Crippen LogP contribution is 2.18. The van der Waals surface area contributed by atoms with Gasteiger partial charge in [-0.3, -0.25) is 4.99 Å². The number of guanidine groups is 1. The number of aliphatic hydroxyl groups excluding tert-OH is 1. The standard InChI is InChI=1S/C22H26ClN5O/c1-3-24-22(25-15-21(29)17-8-10-19(23)11-9-17)27-16(2)18-6-4-7-20(14-18)28-13-5-12-26-28/h4-14,16,21,29H,3,15H2,1-2H3,(H2,24,25,27). The Hall–Kier alpha value is -2.83. The van der Waals surface area contributed by atoms with Crippen molar-refractivity contribution in [2.45, 2.75) is 26.0 Å². The van der Waals surface area contributed by atoms with E-state index in [1.807, 2.05) is 48.1 Å². The number of nitrogens with zero attached hydrogens (tertiary/aromatic N) is 3. The highest BCUT2D eigenvalue weighted by atomic mass is 35.5. The van der Waals surface area contributed by atoms with Gasteiger partial charge in [0.2, 0.25) is 0 Å². The van der Waals surface area contributed by atoms with Crippen molar-refractivity contribution in [2.75, 3.05) is 13.1 Å². The minimum atomic E-state index is -0.693. The molecule has 0 amide bonds. The Kier molecular flexibility index (Phi) is 7.27. The van der Waals surface area contributed by atoms with Crippen molar-refractivity contribution in [3.8, 4) is 5.69 Å². The fourth-order valence-electron chi connectivity index (χ4n) is 2.93. The summed E-state index contributed by atoms with van der Waals surface area (Å²) < 4.78 is 1.83. The molecule has 3 rings (SSSR count). The predicted molar refractivity (Wildman–Crippen MR) is 118 cm³/mol. The van der Waals surface area contributed by atoms with Crippen LogP contribution in [0.5, 0.6) is 0 Å². The van der Waals surface area contributed by atoms with E-state index in [0.29, 0.717) is 11.0 Å². The van der Waals surface area contributed by atoms with Gasteiger partial charge in [-0.1, -0.05) is 35.9 Å². The van der Waals surface area contributed by atoms with Gasteiger partial charge in [-0.2, -0.15) is 5.10 Å². The maximum atomic E-state index is 10.4. The summed E-state index contributed by atoms with van der Waals surface area (Å²) >= 11 is 5.91. The number of aliphatic imine (C=N–C) groups is 1. The SMILES string of the molecule is CCNC(=NCC(O)c1ccc(Cl)cc1)NC(C)c1cccc(-n2cccn2)c1. The Morgan fingerprint density at radius 2 is 1.97 bits per heavy atom. The third-order valence-electron chi connectivity index (χ3n) is 4.51. The molecule has 0 bridgehead atoms. The molecule has 0 aliphatic rings. The zero-order valence-corrected chi connectivity index (χ0v) is 17.3. The molecule has 0 saturated heterocycles. The lowest BCUT2D eigenvalue weighted by Gasteiger charge is -2.19. The van der Waals surface area contributed by atoms with E-state index in [1.165, 1.54) is 0 Å². The van der Waals surface area contributed by atoms with Crippen LogP contribution in [0.2, 0.25) is 5.02 Å². The third kappa shape index (κ3) is 5.82. The molecule has 0 aliphatic carbocycles. The van der Waals surface area contributed by atoms with E-state index in [4.69, 9.17) is 11.6 Å². The molecule has 2 atom stereocenters. The van der Waals surface area contributed by atoms with E-state index in [0.717, 1.165) is 23.4 Å². The minimum Gasteiger partial charge on any atom is -0.386 e. The zero-order chi connectivity index (χ0) is 20.6. The lowest BCUT2D eigenvalue weighted by Crippen LogP contribution is -2.39. The van der Waals surface area contributed by atoms with Gasteiger partial charge in [-0.25, -0.2) is 4.68 Å². The van der Waals surface area contributed by atoms with Gasteiger partial charge in [0.25, 0.3) is 0 Å². The molecule has 0 aliphatic heterocycles. The average molecular weight is 412 g/mol. The lowest BCUT2D eigenvalue weighted by atomic mass is 10.1. The second-order valence-corrected chi connectivity index (χ2v) is 7.14. The fraction of sp³-hybridized carbons (Fsp3) is 0.273. The first-order valence-electron chi connectivity index (χ1n) is 9.65. The quantitative estimate of drug-likeness (QED) is 0.407. The molecular weight excluding hydrogens is 386 g/mol. The van der Waals surface area contributed by atoms with E-state index < -0.39 is 6.10 Å². The van der Waals surface area contributed by atoms with Gasteiger partial charge < -0.3 is 15.7 Å². The summed E-state index contributed by atoms with van der Waals surface area (Å²) in [7, 11) is 0. The summed E-state index contributed by atoms with van der Waals surface area (Å²) in [4.78, 5) is 4.54. The summed E-state index contributed by atoms with van der Waals surface area (Å²) in [5, 5.41) is 22.0. The number of hydrogen-bond acceptors (Lipinski definition) is 3. The molecule has 0 saturated carbocycles. The maximum Gasteiger partial charge on any atom is 0.191 e. The maximum absolute atomic E-state index is 10.4. The molecule has 1 aromatic heterocycles. The van der Waals surface area contributed by atoms with Crippen molar-refractivity contribution < 1.29 is 5.11 Å². The molecule has 3 N–H and O–H groups in total. The van der Waals surface area contributed by atoms with Crippen LogP contribution >= 0.6 is 11.6 Å². The minimum absolute atomic E-state index is 0.0241. The van der Waals surface area contributed by atoms with Crippen LogP contribution in [0, 0.1) is 0 Å². The smallest absolute Gasteiger partial charge is 0.191 e. The van der Waals surface area contributed by atoms with Gasteiger partial charge in [0.1, 0.15) is 0 Å². The molecule has 0 fully saturated rings. The number of aromatic nitrogens is 2. The zero-order valence-electron chi connectivity index (χ0n) is 16.6. The number of halogens is 1. The lowest BCUT2D eigenvalue weighted by molar-refractivity contribution is 0.187. The molecule has 2 aromatic carbocycles. The summed E-state index contributed by atoms with van der Waals surface area (Å²) in [5.41, 5.74) is 2.90. The summed E-state index contributed by atoms with van der Waals surface area (Å²) in [5.74, 6) is 0.650.